The number of carbonyl (C=O) groups is 1. The molecule has 3 rings (SSSR count). The number of nitrogens with one attached hydrogen (secondary N) is 2. The molecule has 2 atom stereocenters. The van der Waals surface area contributed by atoms with E-state index in [1.807, 2.05) is 0 Å². The summed E-state index contributed by atoms with van der Waals surface area (Å²) < 4.78 is 6.86. The lowest BCUT2D eigenvalue weighted by atomic mass is 10.0. The molecule has 0 saturated carbocycles. The highest BCUT2D eigenvalue weighted by atomic mass is 35.5. The number of aromatic nitrogens is 5. The second kappa shape index (κ2) is 7.95. The molecule has 1 saturated heterocycles. The van der Waals surface area contributed by atoms with E-state index in [2.05, 4.69) is 31.1 Å². The molecule has 1 aliphatic heterocycles. The van der Waals surface area contributed by atoms with Gasteiger partial charge in [-0.2, -0.15) is 4.68 Å². The van der Waals surface area contributed by atoms with Crippen molar-refractivity contribution < 1.29 is 9.53 Å². The van der Waals surface area contributed by atoms with E-state index in [1.54, 1.807) is 25.4 Å². The Kier molecular flexibility index (Phi) is 5.97. The lowest BCUT2D eigenvalue weighted by Gasteiger charge is -2.31. The normalized spacial score (nSPS) is 20.6. The van der Waals surface area contributed by atoms with Crippen LogP contribution in [0.3, 0.4) is 0 Å². The molecule has 0 bridgehead atoms. The third-order valence-corrected chi connectivity index (χ3v) is 3.64. The predicted octanol–water partition coefficient (Wildman–Crippen LogP) is -0.414. The van der Waals surface area contributed by atoms with Crippen molar-refractivity contribution >= 4 is 18.3 Å². The Bertz CT molecular complexity index is 620. The van der Waals surface area contributed by atoms with Gasteiger partial charge in [0.15, 0.2) is 0 Å². The average Bonchev–Trinajstić information content (AvgIpc) is 3.10. The molecular weight excluding hydrogens is 322 g/mol. The van der Waals surface area contributed by atoms with Gasteiger partial charge in [0, 0.05) is 13.7 Å². The molecular formula is C13H18ClN7O2. The molecule has 0 radical (unpaired) electrons. The maximum atomic E-state index is 12.3. The fourth-order valence-electron chi connectivity index (χ4n) is 2.42. The second-order valence-electron chi connectivity index (χ2n) is 5.00. The minimum atomic E-state index is -0.211. The van der Waals surface area contributed by atoms with Gasteiger partial charge >= 0.3 is 0 Å². The highest BCUT2D eigenvalue weighted by Crippen LogP contribution is 2.09. The van der Waals surface area contributed by atoms with Gasteiger partial charge in [-0.25, -0.2) is 4.98 Å². The molecule has 0 spiro atoms. The number of halogens is 1. The van der Waals surface area contributed by atoms with Crippen molar-refractivity contribution in [2.75, 3.05) is 20.2 Å². The monoisotopic (exact) mass is 339 g/mol. The van der Waals surface area contributed by atoms with Gasteiger partial charge in [-0.3, -0.25) is 4.79 Å². The molecule has 2 aromatic rings. The number of pyridine rings is 1. The van der Waals surface area contributed by atoms with E-state index >= 15 is 0 Å². The van der Waals surface area contributed by atoms with Crippen LogP contribution < -0.4 is 10.6 Å². The quantitative estimate of drug-likeness (QED) is 0.779. The summed E-state index contributed by atoms with van der Waals surface area (Å²) >= 11 is 0. The number of hydrogen-bond acceptors (Lipinski definition) is 7. The van der Waals surface area contributed by atoms with Gasteiger partial charge in [0.05, 0.1) is 24.0 Å². The Morgan fingerprint density at radius 2 is 2.35 bits per heavy atom. The number of methoxy groups -OCH3 is 1. The average molecular weight is 340 g/mol. The number of ether oxygens (including phenoxy) is 1. The molecule has 0 aliphatic carbocycles. The molecule has 1 fully saturated rings. The lowest BCUT2D eigenvalue weighted by molar-refractivity contribution is 0.0475. The standard InChI is InChI=1S/C13H17N7O2.ClH/c1-22-12-7-14-5-4-10(12)17-13(21)11-3-2-9(6-15-11)20-8-16-18-19-20;/h2-3,6,8,10,12,14H,4-5,7H2,1H3,(H,17,21);1H. The molecule has 1 aliphatic rings. The van der Waals surface area contributed by atoms with E-state index in [4.69, 9.17) is 4.74 Å². The van der Waals surface area contributed by atoms with Gasteiger partial charge in [-0.1, -0.05) is 0 Å². The van der Waals surface area contributed by atoms with Gasteiger partial charge in [-0.05, 0) is 35.5 Å². The SMILES string of the molecule is COC1CNCCC1NC(=O)c1ccc(-n2cnnn2)cn1.Cl. The molecule has 23 heavy (non-hydrogen) atoms. The van der Waals surface area contributed by atoms with Crippen molar-refractivity contribution in [3.8, 4) is 5.69 Å². The number of carbonyl (C=O) groups excluding carboxylic acids is 1. The highest BCUT2D eigenvalue weighted by molar-refractivity contribution is 5.92. The Labute approximate surface area is 139 Å². The Morgan fingerprint density at radius 3 is 3.00 bits per heavy atom. The van der Waals surface area contributed by atoms with E-state index in [0.29, 0.717) is 11.4 Å². The van der Waals surface area contributed by atoms with Gasteiger partial charge in [0.25, 0.3) is 5.91 Å². The molecule has 9 nitrogen and oxygen atoms in total. The lowest BCUT2D eigenvalue weighted by Crippen LogP contribution is -2.53. The van der Waals surface area contributed by atoms with Crippen molar-refractivity contribution in [1.82, 2.24) is 35.8 Å². The zero-order valence-electron chi connectivity index (χ0n) is 12.5. The molecule has 3 heterocycles. The molecule has 10 heteroatoms. The second-order valence-corrected chi connectivity index (χ2v) is 5.00. The molecule has 0 aromatic carbocycles. The number of rotatable bonds is 4. The van der Waals surface area contributed by atoms with Crippen LogP contribution in [-0.4, -0.2) is 63.4 Å². The van der Waals surface area contributed by atoms with Gasteiger partial charge in [-0.15, -0.1) is 17.5 Å². The molecule has 2 aromatic heterocycles. The molecule has 2 N–H and O–H groups in total. The zero-order chi connectivity index (χ0) is 15.4. The van der Waals surface area contributed by atoms with Crippen molar-refractivity contribution in [2.45, 2.75) is 18.6 Å². The van der Waals surface area contributed by atoms with Gasteiger partial charge < -0.3 is 15.4 Å². The Morgan fingerprint density at radius 1 is 1.48 bits per heavy atom. The summed E-state index contributed by atoms with van der Waals surface area (Å²) in [5.74, 6) is -0.211. The number of tetrazole rings is 1. The molecule has 1 amide bonds. The van der Waals surface area contributed by atoms with Crippen molar-refractivity contribution in [2.24, 2.45) is 0 Å². The summed E-state index contributed by atoms with van der Waals surface area (Å²) in [5, 5.41) is 17.1. The van der Waals surface area contributed by atoms with Crippen LogP contribution in [0.4, 0.5) is 0 Å². The van der Waals surface area contributed by atoms with Crippen LogP contribution in [0.15, 0.2) is 24.7 Å². The fourth-order valence-corrected chi connectivity index (χ4v) is 2.42. The summed E-state index contributed by atoms with van der Waals surface area (Å²) in [4.78, 5) is 16.4. The van der Waals surface area contributed by atoms with E-state index in [9.17, 15) is 4.79 Å². The van der Waals surface area contributed by atoms with Crippen LogP contribution in [0.5, 0.6) is 0 Å². The Balaban J connectivity index is 0.00000192. The smallest absolute Gasteiger partial charge is 0.270 e. The first-order chi connectivity index (χ1) is 10.8. The maximum absolute atomic E-state index is 12.3. The summed E-state index contributed by atoms with van der Waals surface area (Å²) in [6, 6.07) is 3.38. The number of piperidine rings is 1. The van der Waals surface area contributed by atoms with E-state index in [0.717, 1.165) is 19.5 Å². The third kappa shape index (κ3) is 4.01. The van der Waals surface area contributed by atoms with Crippen LogP contribution in [-0.2, 0) is 4.74 Å². The number of amides is 1. The minimum Gasteiger partial charge on any atom is -0.378 e. The van der Waals surface area contributed by atoms with Crippen LogP contribution in [0.25, 0.3) is 5.69 Å². The van der Waals surface area contributed by atoms with Gasteiger partial charge in [0.2, 0.25) is 0 Å². The predicted molar refractivity (Wildman–Crippen MR) is 83.7 cm³/mol. The van der Waals surface area contributed by atoms with Crippen LogP contribution >= 0.6 is 12.4 Å². The first-order valence-corrected chi connectivity index (χ1v) is 7.01. The Hall–Kier alpha value is -2.10. The highest BCUT2D eigenvalue weighted by Gasteiger charge is 2.26. The van der Waals surface area contributed by atoms with Gasteiger partial charge in [0.1, 0.15) is 12.0 Å². The van der Waals surface area contributed by atoms with Crippen LogP contribution in [0.1, 0.15) is 16.9 Å². The first-order valence-electron chi connectivity index (χ1n) is 7.01. The summed E-state index contributed by atoms with van der Waals surface area (Å²) in [6.07, 6.45) is 3.82. The van der Waals surface area contributed by atoms with E-state index < -0.39 is 0 Å². The largest absolute Gasteiger partial charge is 0.378 e. The van der Waals surface area contributed by atoms with Crippen LogP contribution in [0.2, 0.25) is 0 Å². The summed E-state index contributed by atoms with van der Waals surface area (Å²) in [6.45, 7) is 1.59. The topological polar surface area (TPSA) is 107 Å². The van der Waals surface area contributed by atoms with Crippen LogP contribution in [0, 0.1) is 0 Å². The minimum absolute atomic E-state index is 0. The summed E-state index contributed by atoms with van der Waals surface area (Å²) in [7, 11) is 1.65. The zero-order valence-corrected chi connectivity index (χ0v) is 13.4. The number of nitrogens with zero attached hydrogens (tertiary/aromatic N) is 5. The van der Waals surface area contributed by atoms with E-state index in [-0.39, 0.29) is 30.5 Å². The third-order valence-electron chi connectivity index (χ3n) is 3.64. The van der Waals surface area contributed by atoms with Crippen molar-refractivity contribution in [3.63, 3.8) is 0 Å². The first kappa shape index (κ1) is 17.3. The van der Waals surface area contributed by atoms with Crippen molar-refractivity contribution in [3.05, 3.63) is 30.4 Å². The fraction of sp³-hybridized carbons (Fsp3) is 0.462. The summed E-state index contributed by atoms with van der Waals surface area (Å²) in [5.41, 5.74) is 1.04. The number of hydrogen-bond donors (Lipinski definition) is 2. The van der Waals surface area contributed by atoms with E-state index in [1.165, 1.54) is 11.0 Å². The molecule has 2 unspecified atom stereocenters. The maximum Gasteiger partial charge on any atom is 0.270 e. The van der Waals surface area contributed by atoms with Crippen molar-refractivity contribution in [1.29, 1.82) is 0 Å². The molecule has 124 valence electrons.